The highest BCUT2D eigenvalue weighted by molar-refractivity contribution is 5.66. The van der Waals surface area contributed by atoms with Gasteiger partial charge in [-0.1, -0.05) is 78.0 Å². The molecule has 0 radical (unpaired) electrons. The van der Waals surface area contributed by atoms with Gasteiger partial charge >= 0.3 is 5.97 Å². The molecule has 1 N–H and O–H groups in total. The first kappa shape index (κ1) is 22.3. The minimum atomic E-state index is -0.716. The van der Waals surface area contributed by atoms with Gasteiger partial charge in [-0.3, -0.25) is 4.79 Å². The van der Waals surface area contributed by atoms with Crippen molar-refractivity contribution in [3.8, 4) is 0 Å². The maximum Gasteiger partial charge on any atom is 0.303 e. The van der Waals surface area contributed by atoms with Gasteiger partial charge in [0.2, 0.25) is 0 Å². The summed E-state index contributed by atoms with van der Waals surface area (Å²) in [6.45, 7) is 0. The van der Waals surface area contributed by atoms with E-state index in [9.17, 15) is 4.79 Å². The first-order valence-corrected chi connectivity index (χ1v) is 11.9. The number of carboxylic acids is 1. The number of benzene rings is 2. The molecule has 2 unspecified atom stereocenters. The van der Waals surface area contributed by atoms with Gasteiger partial charge in [-0.25, -0.2) is 0 Å². The molecule has 4 atom stereocenters. The van der Waals surface area contributed by atoms with Gasteiger partial charge in [0.05, 0.1) is 0 Å². The van der Waals surface area contributed by atoms with E-state index in [4.69, 9.17) is 9.94 Å². The third-order valence-corrected chi connectivity index (χ3v) is 7.10. The molecule has 2 aliphatic rings. The predicted molar refractivity (Wildman–Crippen MR) is 127 cm³/mol. The lowest BCUT2D eigenvalue weighted by Gasteiger charge is -2.27. The number of hydrogen-bond donors (Lipinski definition) is 1. The van der Waals surface area contributed by atoms with E-state index in [1.54, 1.807) is 0 Å². The maximum absolute atomic E-state index is 10.6. The van der Waals surface area contributed by atoms with E-state index in [0.717, 1.165) is 29.9 Å². The molecular weight excluding hydrogens is 398 g/mol. The molecule has 2 aromatic carbocycles. The lowest BCUT2D eigenvalue weighted by Crippen LogP contribution is -2.23. The topological polar surface area (TPSA) is 58.9 Å². The lowest BCUT2D eigenvalue weighted by molar-refractivity contribution is -0.137. The molecule has 2 aliphatic carbocycles. The van der Waals surface area contributed by atoms with Gasteiger partial charge in [0, 0.05) is 18.6 Å². The molecule has 0 spiro atoms. The normalized spacial score (nSPS) is 24.7. The fraction of sp³-hybridized carbons (Fsp3) is 0.429. The van der Waals surface area contributed by atoms with Gasteiger partial charge in [0.15, 0.2) is 6.10 Å². The second-order valence-corrected chi connectivity index (χ2v) is 9.13. The Morgan fingerprint density at radius 3 is 2.31 bits per heavy atom. The van der Waals surface area contributed by atoms with Crippen LogP contribution in [0.2, 0.25) is 0 Å². The Balaban J connectivity index is 1.39. The molecule has 4 rings (SSSR count). The summed E-state index contributed by atoms with van der Waals surface area (Å²) in [6, 6.07) is 20.5. The molecule has 0 amide bonds. The van der Waals surface area contributed by atoms with Gasteiger partial charge < -0.3 is 9.94 Å². The minimum Gasteiger partial charge on any atom is -0.481 e. The smallest absolute Gasteiger partial charge is 0.303 e. The van der Waals surface area contributed by atoms with Gasteiger partial charge in [-0.2, -0.15) is 0 Å². The number of aliphatic carboxylic acids is 1. The second kappa shape index (κ2) is 11.1. The van der Waals surface area contributed by atoms with Crippen LogP contribution in [0.4, 0.5) is 0 Å². The molecule has 0 aromatic heterocycles. The highest BCUT2D eigenvalue weighted by Crippen LogP contribution is 2.53. The summed E-state index contributed by atoms with van der Waals surface area (Å²) < 4.78 is 0. The van der Waals surface area contributed by atoms with Crippen molar-refractivity contribution in [1.82, 2.24) is 0 Å². The Morgan fingerprint density at radius 1 is 1.00 bits per heavy atom. The van der Waals surface area contributed by atoms with E-state index >= 15 is 0 Å². The van der Waals surface area contributed by atoms with Gasteiger partial charge in [-0.05, 0) is 67.4 Å². The van der Waals surface area contributed by atoms with Crippen molar-refractivity contribution >= 4 is 12.2 Å². The van der Waals surface area contributed by atoms with E-state index in [2.05, 4.69) is 47.8 Å². The summed E-state index contributed by atoms with van der Waals surface area (Å²) in [5, 5.41) is 13.3. The molecule has 2 bridgehead atoms. The third kappa shape index (κ3) is 5.67. The van der Waals surface area contributed by atoms with Crippen LogP contribution < -0.4 is 0 Å². The van der Waals surface area contributed by atoms with Crippen molar-refractivity contribution in [1.29, 1.82) is 0 Å². The van der Waals surface area contributed by atoms with E-state index < -0.39 is 5.97 Å². The second-order valence-electron chi connectivity index (χ2n) is 9.13. The number of nitrogens with zero attached hydrogens (tertiary/aromatic N) is 1. The fourth-order valence-electron chi connectivity index (χ4n) is 5.52. The summed E-state index contributed by atoms with van der Waals surface area (Å²) in [6.07, 6.45) is 13.0. The largest absolute Gasteiger partial charge is 0.481 e. The van der Waals surface area contributed by atoms with Crippen LogP contribution in [0, 0.1) is 23.7 Å². The molecule has 32 heavy (non-hydrogen) atoms. The maximum atomic E-state index is 10.6. The molecule has 2 fully saturated rings. The van der Waals surface area contributed by atoms with Gasteiger partial charge in [0.1, 0.15) is 0 Å². The monoisotopic (exact) mass is 431 g/mol. The Bertz CT molecular complexity index is 869. The standard InChI is InChI=1S/C28H33NO3/c30-27(31)16-10-2-1-9-15-25-23-17-18-24(19-23)26(25)20-29-32-28(21-11-5-3-6-12-21)22-13-7-4-8-14-22/h1,3-9,11-14,20,23-26,28H,2,10,15-19H2,(H,30,31)/t23?,24?,25-,26-/m0/s1. The van der Waals surface area contributed by atoms with Crippen LogP contribution in [0.3, 0.4) is 0 Å². The predicted octanol–water partition coefficient (Wildman–Crippen LogP) is 6.64. The van der Waals surface area contributed by atoms with Gasteiger partial charge in [-0.15, -0.1) is 0 Å². The number of allylic oxidation sites excluding steroid dienone is 2. The Hall–Kier alpha value is -2.88. The Labute approximate surface area is 191 Å². The van der Waals surface area contributed by atoms with Crippen molar-refractivity contribution < 1.29 is 14.7 Å². The molecule has 0 saturated heterocycles. The van der Waals surface area contributed by atoms with E-state index in [1.807, 2.05) is 36.4 Å². The molecule has 4 nitrogen and oxygen atoms in total. The Morgan fingerprint density at radius 2 is 1.66 bits per heavy atom. The van der Waals surface area contributed by atoms with Crippen LogP contribution in [0.5, 0.6) is 0 Å². The number of carbonyl (C=O) groups is 1. The van der Waals surface area contributed by atoms with Crippen LogP contribution >= 0.6 is 0 Å². The number of unbranched alkanes of at least 4 members (excludes halogenated alkanes) is 1. The number of hydrogen-bond acceptors (Lipinski definition) is 3. The summed E-state index contributed by atoms with van der Waals surface area (Å²) in [5.41, 5.74) is 2.20. The van der Waals surface area contributed by atoms with Crippen LogP contribution in [-0.2, 0) is 9.63 Å². The highest BCUT2D eigenvalue weighted by atomic mass is 16.6. The third-order valence-electron chi connectivity index (χ3n) is 7.10. The number of fused-ring (bicyclic) bond motifs is 2. The zero-order valence-electron chi connectivity index (χ0n) is 18.6. The van der Waals surface area contributed by atoms with Crippen molar-refractivity contribution in [3.05, 3.63) is 83.9 Å². The zero-order valence-corrected chi connectivity index (χ0v) is 18.6. The average molecular weight is 432 g/mol. The SMILES string of the molecule is O=C(O)CCCC=CC[C@H]1C2CCC(C2)[C@@H]1C=NOC(c1ccccc1)c1ccccc1. The molecule has 4 heteroatoms. The molecule has 168 valence electrons. The number of rotatable bonds is 11. The summed E-state index contributed by atoms with van der Waals surface area (Å²) in [7, 11) is 0. The van der Waals surface area contributed by atoms with Crippen molar-refractivity contribution in [2.75, 3.05) is 0 Å². The van der Waals surface area contributed by atoms with Crippen molar-refractivity contribution in [2.45, 2.75) is 51.0 Å². The van der Waals surface area contributed by atoms with E-state index in [-0.39, 0.29) is 12.5 Å². The summed E-state index contributed by atoms with van der Waals surface area (Å²) in [4.78, 5) is 16.8. The first-order chi connectivity index (χ1) is 15.7. The summed E-state index contributed by atoms with van der Waals surface area (Å²) >= 11 is 0. The van der Waals surface area contributed by atoms with E-state index in [1.165, 1.54) is 19.3 Å². The Kier molecular flexibility index (Phi) is 7.76. The quantitative estimate of drug-likeness (QED) is 0.188. The fourth-order valence-corrected chi connectivity index (χ4v) is 5.52. The van der Waals surface area contributed by atoms with E-state index in [0.29, 0.717) is 24.2 Å². The first-order valence-electron chi connectivity index (χ1n) is 11.9. The van der Waals surface area contributed by atoms with Crippen LogP contribution in [0.1, 0.15) is 62.2 Å². The molecule has 2 saturated carbocycles. The van der Waals surface area contributed by atoms with Crippen LogP contribution in [-0.4, -0.2) is 17.3 Å². The minimum absolute atomic E-state index is 0.208. The van der Waals surface area contributed by atoms with Crippen LogP contribution in [0.25, 0.3) is 0 Å². The molecule has 2 aromatic rings. The lowest BCUT2D eigenvalue weighted by atomic mass is 9.78. The van der Waals surface area contributed by atoms with Crippen molar-refractivity contribution in [3.63, 3.8) is 0 Å². The van der Waals surface area contributed by atoms with Crippen molar-refractivity contribution in [2.24, 2.45) is 28.8 Å². The molecule has 0 aliphatic heterocycles. The van der Waals surface area contributed by atoms with Crippen LogP contribution in [0.15, 0.2) is 78.0 Å². The van der Waals surface area contributed by atoms with Gasteiger partial charge in [0.25, 0.3) is 0 Å². The number of oxime groups is 1. The zero-order chi connectivity index (χ0) is 22.2. The molecular formula is C28H33NO3. The average Bonchev–Trinajstić information content (AvgIpc) is 3.42. The highest BCUT2D eigenvalue weighted by Gasteiger charge is 2.46. The molecule has 0 heterocycles. The summed E-state index contributed by atoms with van der Waals surface area (Å²) in [5.74, 6) is 1.85. The number of carboxylic acid groups (broad SMARTS) is 1.